The van der Waals surface area contributed by atoms with Gasteiger partial charge in [0.25, 0.3) is 5.56 Å². The second-order valence-electron chi connectivity index (χ2n) is 9.19. The molecule has 1 aliphatic rings. The van der Waals surface area contributed by atoms with Crippen molar-refractivity contribution in [3.05, 3.63) is 81.4 Å². The lowest BCUT2D eigenvalue weighted by Crippen LogP contribution is -2.37. The molecule has 4 aromatic rings. The van der Waals surface area contributed by atoms with Gasteiger partial charge in [-0.05, 0) is 73.2 Å². The molecule has 0 bridgehead atoms. The van der Waals surface area contributed by atoms with Gasteiger partial charge in [0.15, 0.2) is 5.82 Å². The first-order valence-electron chi connectivity index (χ1n) is 10.6. The summed E-state index contributed by atoms with van der Waals surface area (Å²) >= 11 is 0. The predicted octanol–water partition coefficient (Wildman–Crippen LogP) is 3.73. The van der Waals surface area contributed by atoms with E-state index < -0.39 is 6.04 Å². The second kappa shape index (κ2) is 7.04. The maximum atomic E-state index is 13.4. The molecule has 2 aromatic carbocycles. The molecule has 1 atom stereocenters. The number of para-hydroxylation sites is 2. The van der Waals surface area contributed by atoms with Crippen LogP contribution in [-0.4, -0.2) is 31.7 Å². The van der Waals surface area contributed by atoms with Gasteiger partial charge in [-0.2, -0.15) is 0 Å². The number of aromatic nitrogens is 5. The number of hydrogen-bond acceptors (Lipinski definition) is 5. The number of H-pyrrole nitrogens is 1. The van der Waals surface area contributed by atoms with Crippen molar-refractivity contribution in [2.45, 2.75) is 45.7 Å². The van der Waals surface area contributed by atoms with Crippen LogP contribution in [0.5, 0.6) is 0 Å². The van der Waals surface area contributed by atoms with Crippen molar-refractivity contribution in [1.29, 1.82) is 0 Å². The number of tetrazole rings is 1. The summed E-state index contributed by atoms with van der Waals surface area (Å²) in [5.74, 6) is 0.668. The molecule has 0 fully saturated rings. The largest absolute Gasteiger partial charge is 0.357 e. The van der Waals surface area contributed by atoms with Crippen LogP contribution in [-0.2, 0) is 12.0 Å². The maximum absolute atomic E-state index is 13.4. The number of pyridine rings is 1. The van der Waals surface area contributed by atoms with Crippen LogP contribution in [0.15, 0.2) is 53.3 Å². The van der Waals surface area contributed by atoms with Crippen molar-refractivity contribution in [2.24, 2.45) is 0 Å². The molecule has 1 N–H and O–H groups in total. The van der Waals surface area contributed by atoms with Crippen LogP contribution >= 0.6 is 0 Å². The Morgan fingerprint density at radius 1 is 1.10 bits per heavy atom. The van der Waals surface area contributed by atoms with Crippen molar-refractivity contribution in [2.75, 3.05) is 11.4 Å². The minimum absolute atomic E-state index is 0.111. The highest BCUT2D eigenvalue weighted by atomic mass is 16.1. The van der Waals surface area contributed by atoms with E-state index in [4.69, 9.17) is 0 Å². The average molecular weight is 415 g/mol. The van der Waals surface area contributed by atoms with E-state index >= 15 is 0 Å². The van der Waals surface area contributed by atoms with Crippen LogP contribution in [0.3, 0.4) is 0 Å². The molecule has 0 aliphatic carbocycles. The lowest BCUT2D eigenvalue weighted by Gasteiger charge is -2.31. The Morgan fingerprint density at radius 2 is 1.90 bits per heavy atom. The van der Waals surface area contributed by atoms with Gasteiger partial charge in [-0.1, -0.05) is 36.4 Å². The number of benzene rings is 2. The van der Waals surface area contributed by atoms with Gasteiger partial charge in [-0.3, -0.25) is 4.79 Å². The third-order valence-corrected chi connectivity index (χ3v) is 6.02. The average Bonchev–Trinajstić information content (AvgIpc) is 3.38. The van der Waals surface area contributed by atoms with Crippen molar-refractivity contribution in [3.63, 3.8) is 0 Å². The Bertz CT molecular complexity index is 1330. The molecule has 3 heterocycles. The van der Waals surface area contributed by atoms with Gasteiger partial charge in [-0.15, -0.1) is 5.10 Å². The Balaban J connectivity index is 1.77. The summed E-state index contributed by atoms with van der Waals surface area (Å²) < 4.78 is 1.83. The molecule has 0 unspecified atom stereocenters. The fourth-order valence-corrected chi connectivity index (χ4v) is 4.52. The molecule has 0 spiro atoms. The van der Waals surface area contributed by atoms with Gasteiger partial charge in [0.1, 0.15) is 6.04 Å². The first kappa shape index (κ1) is 19.5. The van der Waals surface area contributed by atoms with Crippen molar-refractivity contribution < 1.29 is 0 Å². The monoisotopic (exact) mass is 414 g/mol. The van der Waals surface area contributed by atoms with Crippen LogP contribution in [0.4, 0.5) is 5.69 Å². The van der Waals surface area contributed by atoms with Crippen LogP contribution < -0.4 is 10.5 Å². The summed E-state index contributed by atoms with van der Waals surface area (Å²) in [6.45, 7) is 9.00. The van der Waals surface area contributed by atoms with Crippen LogP contribution in [0.1, 0.15) is 49.3 Å². The Labute approximate surface area is 180 Å². The number of rotatable bonds is 3. The number of aromatic amines is 1. The molecule has 7 nitrogen and oxygen atoms in total. The molecule has 0 amide bonds. The first-order valence-corrected chi connectivity index (χ1v) is 10.6. The van der Waals surface area contributed by atoms with E-state index in [1.165, 1.54) is 5.56 Å². The van der Waals surface area contributed by atoms with E-state index in [0.29, 0.717) is 11.4 Å². The predicted molar refractivity (Wildman–Crippen MR) is 121 cm³/mol. The Kier molecular flexibility index (Phi) is 4.43. The number of nitrogens with one attached hydrogen (secondary N) is 1. The second-order valence-corrected chi connectivity index (χ2v) is 9.19. The van der Waals surface area contributed by atoms with E-state index in [0.717, 1.165) is 35.1 Å². The van der Waals surface area contributed by atoms with Crippen molar-refractivity contribution >= 4 is 16.6 Å². The molecule has 0 radical (unpaired) electrons. The smallest absolute Gasteiger partial charge is 0.254 e. The van der Waals surface area contributed by atoms with Gasteiger partial charge in [0, 0.05) is 17.8 Å². The first-order chi connectivity index (χ1) is 14.8. The van der Waals surface area contributed by atoms with E-state index in [1.54, 1.807) is 0 Å². The van der Waals surface area contributed by atoms with Gasteiger partial charge < -0.3 is 9.88 Å². The van der Waals surface area contributed by atoms with Crippen LogP contribution in [0, 0.1) is 6.92 Å². The summed E-state index contributed by atoms with van der Waals surface area (Å²) in [5.41, 5.74) is 4.53. The SMILES string of the molecule is Cc1cccc2cc([C@@H](c3nnnn3C(C)(C)C)N3CCc4ccccc43)c(=O)[nH]c12. The fraction of sp³-hybridized carbons (Fsp3) is 0.333. The lowest BCUT2D eigenvalue weighted by molar-refractivity contribution is 0.329. The van der Waals surface area contributed by atoms with E-state index in [9.17, 15) is 4.79 Å². The third kappa shape index (κ3) is 3.21. The number of fused-ring (bicyclic) bond motifs is 2. The van der Waals surface area contributed by atoms with Gasteiger partial charge in [0.05, 0.1) is 11.1 Å². The fourth-order valence-electron chi connectivity index (χ4n) is 4.52. The molecule has 0 saturated carbocycles. The highest BCUT2D eigenvalue weighted by Crippen LogP contribution is 2.38. The Hall–Kier alpha value is -3.48. The van der Waals surface area contributed by atoms with Gasteiger partial charge >= 0.3 is 0 Å². The summed E-state index contributed by atoms with van der Waals surface area (Å²) in [5, 5.41) is 13.7. The third-order valence-electron chi connectivity index (χ3n) is 6.02. The molecule has 5 rings (SSSR count). The van der Waals surface area contributed by atoms with E-state index in [1.807, 2.05) is 41.9 Å². The number of nitrogens with zero attached hydrogens (tertiary/aromatic N) is 5. The molecule has 0 saturated heterocycles. The zero-order chi connectivity index (χ0) is 21.8. The van der Waals surface area contributed by atoms with Crippen molar-refractivity contribution in [1.82, 2.24) is 25.2 Å². The highest BCUT2D eigenvalue weighted by Gasteiger charge is 2.36. The molecule has 2 aromatic heterocycles. The number of aryl methyl sites for hydroxylation is 1. The summed E-state index contributed by atoms with van der Waals surface area (Å²) in [6.07, 6.45) is 0.925. The topological polar surface area (TPSA) is 79.7 Å². The normalized spacial score (nSPS) is 14.8. The molecular weight excluding hydrogens is 388 g/mol. The maximum Gasteiger partial charge on any atom is 0.254 e. The zero-order valence-electron chi connectivity index (χ0n) is 18.3. The summed E-state index contributed by atoms with van der Waals surface area (Å²) in [7, 11) is 0. The summed E-state index contributed by atoms with van der Waals surface area (Å²) in [6, 6.07) is 16.0. The van der Waals surface area contributed by atoms with Gasteiger partial charge in [-0.25, -0.2) is 4.68 Å². The quantitative estimate of drug-likeness (QED) is 0.553. The lowest BCUT2D eigenvalue weighted by atomic mass is 10.0. The molecule has 158 valence electrons. The highest BCUT2D eigenvalue weighted by molar-refractivity contribution is 5.82. The standard InChI is InChI=1S/C24H26N6O/c1-15-8-7-10-17-14-18(23(31)25-20(15)17)21(22-26-27-28-30(22)24(2,3)4)29-13-12-16-9-5-6-11-19(16)29/h5-11,14,21H,12-13H2,1-4H3,(H,25,31)/t21-/m0/s1. The number of hydrogen-bond donors (Lipinski definition) is 1. The van der Waals surface area contributed by atoms with E-state index in [-0.39, 0.29) is 11.1 Å². The molecule has 1 aliphatic heterocycles. The van der Waals surface area contributed by atoms with Crippen LogP contribution in [0.2, 0.25) is 0 Å². The summed E-state index contributed by atoms with van der Waals surface area (Å²) in [4.78, 5) is 18.8. The molecule has 31 heavy (non-hydrogen) atoms. The Morgan fingerprint density at radius 3 is 2.71 bits per heavy atom. The van der Waals surface area contributed by atoms with Gasteiger partial charge in [0.2, 0.25) is 0 Å². The zero-order valence-corrected chi connectivity index (χ0v) is 18.3. The van der Waals surface area contributed by atoms with Crippen molar-refractivity contribution in [3.8, 4) is 0 Å². The minimum Gasteiger partial charge on any atom is -0.357 e. The molecular formula is C24H26N6O. The minimum atomic E-state index is -0.397. The molecule has 7 heteroatoms. The number of anilines is 1. The van der Waals surface area contributed by atoms with E-state index in [2.05, 4.69) is 64.4 Å². The van der Waals surface area contributed by atoms with Crippen LogP contribution in [0.25, 0.3) is 10.9 Å².